The van der Waals surface area contributed by atoms with Crippen molar-refractivity contribution in [1.29, 1.82) is 0 Å². The molecule has 1 N–H and O–H groups in total. The zero-order chi connectivity index (χ0) is 14.3. The Balaban J connectivity index is 1.86. The van der Waals surface area contributed by atoms with Crippen molar-refractivity contribution < 1.29 is 8.42 Å². The van der Waals surface area contributed by atoms with Crippen LogP contribution < -0.4 is 5.32 Å². The first kappa shape index (κ1) is 13.9. The van der Waals surface area contributed by atoms with E-state index in [0.717, 1.165) is 25.1 Å². The molecule has 0 aliphatic carbocycles. The number of hydrogen-bond acceptors (Lipinski definition) is 4. The molecular formula is C14H21N3O2S. The van der Waals surface area contributed by atoms with Crippen LogP contribution in [0.15, 0.2) is 23.1 Å². The highest BCUT2D eigenvalue weighted by atomic mass is 32.2. The fourth-order valence-electron chi connectivity index (χ4n) is 2.93. The van der Waals surface area contributed by atoms with Gasteiger partial charge >= 0.3 is 0 Å². The van der Waals surface area contributed by atoms with Crippen LogP contribution >= 0.6 is 0 Å². The van der Waals surface area contributed by atoms with E-state index in [-0.39, 0.29) is 0 Å². The molecule has 1 aromatic carbocycles. The predicted octanol–water partition coefficient (Wildman–Crippen LogP) is 0.979. The van der Waals surface area contributed by atoms with Gasteiger partial charge in [-0.2, -0.15) is 4.31 Å². The summed E-state index contributed by atoms with van der Waals surface area (Å²) in [5.74, 6) is 0. The Labute approximate surface area is 120 Å². The number of rotatable bonds is 3. The van der Waals surface area contributed by atoms with Crippen LogP contribution in [0.1, 0.15) is 12.0 Å². The molecule has 1 unspecified atom stereocenters. The summed E-state index contributed by atoms with van der Waals surface area (Å²) in [6, 6.07) is 5.77. The maximum atomic E-state index is 12.7. The zero-order valence-corrected chi connectivity index (χ0v) is 12.8. The largest absolute Gasteiger partial charge is 0.384 e. The molecule has 0 spiro atoms. The fraction of sp³-hybridized carbons (Fsp3) is 0.571. The second-order valence-corrected chi connectivity index (χ2v) is 7.70. The number of likely N-dealkylation sites (N-methyl/N-ethyl adjacent to an activating group) is 1. The van der Waals surface area contributed by atoms with Gasteiger partial charge in [-0.25, -0.2) is 8.42 Å². The Morgan fingerprint density at radius 1 is 1.35 bits per heavy atom. The molecule has 0 amide bonds. The van der Waals surface area contributed by atoms with E-state index in [1.807, 2.05) is 20.2 Å². The molecule has 5 nitrogen and oxygen atoms in total. The lowest BCUT2D eigenvalue weighted by Gasteiger charge is -2.20. The first-order valence-electron chi connectivity index (χ1n) is 7.02. The van der Waals surface area contributed by atoms with Gasteiger partial charge in [-0.1, -0.05) is 6.07 Å². The van der Waals surface area contributed by atoms with Gasteiger partial charge in [0.2, 0.25) is 10.0 Å². The minimum absolute atomic E-state index is 0.317. The molecule has 2 aliphatic rings. The molecule has 1 fully saturated rings. The van der Waals surface area contributed by atoms with Gasteiger partial charge in [-0.15, -0.1) is 0 Å². The summed E-state index contributed by atoms with van der Waals surface area (Å²) in [6.45, 7) is 2.08. The van der Waals surface area contributed by atoms with Gasteiger partial charge in [0.25, 0.3) is 0 Å². The summed E-state index contributed by atoms with van der Waals surface area (Å²) in [5, 5.41) is 3.24. The van der Waals surface area contributed by atoms with E-state index in [1.165, 1.54) is 5.56 Å². The molecule has 0 radical (unpaired) electrons. The number of nitrogens with one attached hydrogen (secondary N) is 1. The SMILES string of the molecule is CN(C)C1CCN(S(=O)(=O)c2ccc3c(c2)NCC3)C1. The zero-order valence-electron chi connectivity index (χ0n) is 12.0. The van der Waals surface area contributed by atoms with Crippen molar-refractivity contribution in [1.82, 2.24) is 9.21 Å². The van der Waals surface area contributed by atoms with Crippen LogP contribution in [-0.4, -0.2) is 57.4 Å². The van der Waals surface area contributed by atoms with Crippen molar-refractivity contribution in [2.75, 3.05) is 39.0 Å². The molecular weight excluding hydrogens is 274 g/mol. The van der Waals surface area contributed by atoms with Gasteiger partial charge in [0.05, 0.1) is 4.90 Å². The number of nitrogens with zero attached hydrogens (tertiary/aromatic N) is 2. The molecule has 3 rings (SSSR count). The standard InChI is InChI=1S/C14H21N3O2S/c1-16(2)12-6-8-17(10-12)20(18,19)13-4-3-11-5-7-15-14(11)9-13/h3-4,9,12,15H,5-8,10H2,1-2H3. The summed E-state index contributed by atoms with van der Waals surface area (Å²) >= 11 is 0. The van der Waals surface area contributed by atoms with Gasteiger partial charge in [0, 0.05) is 31.4 Å². The van der Waals surface area contributed by atoms with Gasteiger partial charge in [-0.3, -0.25) is 0 Å². The Hall–Kier alpha value is -1.11. The lowest BCUT2D eigenvalue weighted by molar-refractivity contribution is 0.302. The Kier molecular flexibility index (Phi) is 3.48. The van der Waals surface area contributed by atoms with Crippen molar-refractivity contribution in [2.24, 2.45) is 0 Å². The first-order chi connectivity index (χ1) is 9.48. The Morgan fingerprint density at radius 3 is 2.85 bits per heavy atom. The third kappa shape index (κ3) is 2.32. The number of sulfonamides is 1. The summed E-state index contributed by atoms with van der Waals surface area (Å²) in [6.07, 6.45) is 1.87. The second-order valence-electron chi connectivity index (χ2n) is 5.76. The van der Waals surface area contributed by atoms with E-state index in [1.54, 1.807) is 16.4 Å². The maximum absolute atomic E-state index is 12.7. The van der Waals surface area contributed by atoms with Crippen LogP contribution in [0.3, 0.4) is 0 Å². The van der Waals surface area contributed by atoms with Crippen LogP contribution in [0, 0.1) is 0 Å². The maximum Gasteiger partial charge on any atom is 0.243 e. The topological polar surface area (TPSA) is 52.7 Å². The van der Waals surface area contributed by atoms with Crippen molar-refractivity contribution in [3.8, 4) is 0 Å². The molecule has 110 valence electrons. The Bertz CT molecular complexity index is 613. The van der Waals surface area contributed by atoms with E-state index in [2.05, 4.69) is 10.2 Å². The summed E-state index contributed by atoms with van der Waals surface area (Å²) in [7, 11) is 0.640. The number of hydrogen-bond donors (Lipinski definition) is 1. The average molecular weight is 295 g/mol. The quantitative estimate of drug-likeness (QED) is 0.903. The molecule has 2 aliphatic heterocycles. The molecule has 2 heterocycles. The van der Waals surface area contributed by atoms with Gasteiger partial charge in [-0.05, 0) is 44.6 Å². The monoisotopic (exact) mass is 295 g/mol. The smallest absolute Gasteiger partial charge is 0.243 e. The van der Waals surface area contributed by atoms with Gasteiger partial charge in [0.15, 0.2) is 0 Å². The fourth-order valence-corrected chi connectivity index (χ4v) is 4.45. The number of anilines is 1. The molecule has 20 heavy (non-hydrogen) atoms. The van der Waals surface area contributed by atoms with Crippen LogP contribution in [0.5, 0.6) is 0 Å². The van der Waals surface area contributed by atoms with E-state index in [9.17, 15) is 8.42 Å². The third-order valence-electron chi connectivity index (χ3n) is 4.29. The molecule has 6 heteroatoms. The van der Waals surface area contributed by atoms with Gasteiger partial charge in [0.1, 0.15) is 0 Å². The summed E-state index contributed by atoms with van der Waals surface area (Å²) in [4.78, 5) is 2.50. The lowest BCUT2D eigenvalue weighted by atomic mass is 10.2. The van der Waals surface area contributed by atoms with Crippen LogP contribution in [0.2, 0.25) is 0 Å². The average Bonchev–Trinajstić information content (AvgIpc) is 3.07. The second kappa shape index (κ2) is 5.02. The highest BCUT2D eigenvalue weighted by Crippen LogP contribution is 2.28. The van der Waals surface area contributed by atoms with Crippen molar-refractivity contribution in [3.63, 3.8) is 0 Å². The minimum Gasteiger partial charge on any atom is -0.384 e. The van der Waals surface area contributed by atoms with Crippen LogP contribution in [-0.2, 0) is 16.4 Å². The highest BCUT2D eigenvalue weighted by molar-refractivity contribution is 7.89. The van der Waals surface area contributed by atoms with Gasteiger partial charge < -0.3 is 10.2 Å². The summed E-state index contributed by atoms with van der Waals surface area (Å²) in [5.41, 5.74) is 2.17. The van der Waals surface area contributed by atoms with Crippen molar-refractivity contribution >= 4 is 15.7 Å². The van der Waals surface area contributed by atoms with Crippen LogP contribution in [0.25, 0.3) is 0 Å². The van der Waals surface area contributed by atoms with E-state index in [0.29, 0.717) is 24.0 Å². The lowest BCUT2D eigenvalue weighted by Crippen LogP contribution is -2.34. The predicted molar refractivity (Wildman–Crippen MR) is 79.5 cm³/mol. The molecule has 1 saturated heterocycles. The molecule has 0 bridgehead atoms. The van der Waals surface area contributed by atoms with E-state index < -0.39 is 10.0 Å². The first-order valence-corrected chi connectivity index (χ1v) is 8.46. The highest BCUT2D eigenvalue weighted by Gasteiger charge is 2.33. The molecule has 1 atom stereocenters. The number of benzene rings is 1. The minimum atomic E-state index is -3.36. The summed E-state index contributed by atoms with van der Waals surface area (Å²) < 4.78 is 27.0. The van der Waals surface area contributed by atoms with E-state index in [4.69, 9.17) is 0 Å². The van der Waals surface area contributed by atoms with Crippen molar-refractivity contribution in [3.05, 3.63) is 23.8 Å². The van der Waals surface area contributed by atoms with Crippen LogP contribution in [0.4, 0.5) is 5.69 Å². The normalized spacial score (nSPS) is 23.1. The Morgan fingerprint density at radius 2 is 2.15 bits per heavy atom. The molecule has 1 aromatic rings. The van der Waals surface area contributed by atoms with Crippen molar-refractivity contribution in [2.45, 2.75) is 23.8 Å². The third-order valence-corrected chi connectivity index (χ3v) is 6.15. The molecule has 0 saturated carbocycles. The molecule has 0 aromatic heterocycles. The number of fused-ring (bicyclic) bond motifs is 1. The van der Waals surface area contributed by atoms with E-state index >= 15 is 0 Å².